The number of alkyl halides is 3. The molecule has 176 valence electrons. The van der Waals surface area contributed by atoms with Crippen LogP contribution in [0.1, 0.15) is 36.8 Å². The molecule has 0 aliphatic heterocycles. The van der Waals surface area contributed by atoms with Gasteiger partial charge in [0.15, 0.2) is 5.96 Å². The minimum atomic E-state index is -4.32. The first-order valence-electron chi connectivity index (χ1n) is 10.0. The molecule has 2 rings (SSSR count). The monoisotopic (exact) mass is 556 g/mol. The van der Waals surface area contributed by atoms with Crippen molar-refractivity contribution in [2.24, 2.45) is 10.4 Å². The Bertz CT molecular complexity index is 718. The highest BCUT2D eigenvalue weighted by Crippen LogP contribution is 2.38. The number of aliphatic imine (C=N–C) groups is 1. The maximum Gasteiger partial charge on any atom is 0.411 e. The number of halogens is 4. The average Bonchev–Trinajstić information content (AvgIpc) is 3.17. The molecule has 0 saturated heterocycles. The van der Waals surface area contributed by atoms with E-state index < -0.39 is 12.8 Å². The number of guanidine groups is 1. The minimum absolute atomic E-state index is 0. The van der Waals surface area contributed by atoms with Crippen molar-refractivity contribution in [1.82, 2.24) is 15.5 Å². The molecule has 0 bridgehead atoms. The van der Waals surface area contributed by atoms with Crippen molar-refractivity contribution in [3.63, 3.8) is 0 Å². The van der Waals surface area contributed by atoms with Crippen LogP contribution in [0.4, 0.5) is 13.2 Å². The zero-order valence-corrected chi connectivity index (χ0v) is 20.5. The minimum Gasteiger partial charge on any atom is -0.367 e. The van der Waals surface area contributed by atoms with Crippen molar-refractivity contribution < 1.29 is 22.7 Å². The normalized spacial score (nSPS) is 15.9. The standard InChI is InChI=1S/C21H31F3N4O2.HI/c1-25-19(27-14-20(10-4-5-11-20)18(29)28(2)3)26-12-16-6-8-17(9-7-16)13-30-15-21(22,23)24;/h6-9H,4-5,10-15H2,1-3H3,(H2,25,26,27);1H. The summed E-state index contributed by atoms with van der Waals surface area (Å²) in [5.41, 5.74) is 1.24. The summed E-state index contributed by atoms with van der Waals surface area (Å²) in [4.78, 5) is 18.5. The van der Waals surface area contributed by atoms with Crippen LogP contribution in [0, 0.1) is 5.41 Å². The molecule has 1 amide bonds. The molecule has 0 heterocycles. The van der Waals surface area contributed by atoms with Crippen molar-refractivity contribution in [2.45, 2.75) is 45.0 Å². The zero-order valence-electron chi connectivity index (χ0n) is 18.2. The number of rotatable bonds is 8. The number of nitrogens with one attached hydrogen (secondary N) is 2. The molecule has 31 heavy (non-hydrogen) atoms. The number of hydrogen-bond acceptors (Lipinski definition) is 3. The molecule has 6 nitrogen and oxygen atoms in total. The van der Waals surface area contributed by atoms with E-state index in [9.17, 15) is 18.0 Å². The Morgan fingerprint density at radius 1 is 1.13 bits per heavy atom. The highest BCUT2D eigenvalue weighted by Gasteiger charge is 2.42. The van der Waals surface area contributed by atoms with E-state index in [0.29, 0.717) is 24.6 Å². The number of amides is 1. The third kappa shape index (κ3) is 8.83. The van der Waals surface area contributed by atoms with Crippen molar-refractivity contribution in [3.05, 3.63) is 35.4 Å². The maximum atomic E-state index is 12.7. The number of carbonyl (C=O) groups is 1. The predicted molar refractivity (Wildman–Crippen MR) is 125 cm³/mol. The van der Waals surface area contributed by atoms with Crippen LogP contribution in [-0.4, -0.2) is 57.2 Å². The van der Waals surface area contributed by atoms with Crippen LogP contribution in [0.25, 0.3) is 0 Å². The molecule has 0 radical (unpaired) electrons. The van der Waals surface area contributed by atoms with Crippen LogP contribution in [0.5, 0.6) is 0 Å². The topological polar surface area (TPSA) is 66.0 Å². The highest BCUT2D eigenvalue weighted by atomic mass is 127. The number of ether oxygens (including phenoxy) is 1. The van der Waals surface area contributed by atoms with Gasteiger partial charge in [-0.1, -0.05) is 37.1 Å². The molecule has 1 saturated carbocycles. The van der Waals surface area contributed by atoms with Gasteiger partial charge in [0.25, 0.3) is 0 Å². The SMILES string of the molecule is CN=C(NCc1ccc(COCC(F)(F)F)cc1)NCC1(C(=O)N(C)C)CCCC1.I. The Labute approximate surface area is 199 Å². The van der Waals surface area contributed by atoms with Gasteiger partial charge in [-0.05, 0) is 24.0 Å². The molecule has 1 fully saturated rings. The maximum absolute atomic E-state index is 12.7. The molecule has 0 atom stereocenters. The van der Waals surface area contributed by atoms with Crippen molar-refractivity contribution >= 4 is 35.8 Å². The lowest BCUT2D eigenvalue weighted by molar-refractivity contribution is -0.176. The molecule has 1 aliphatic carbocycles. The lowest BCUT2D eigenvalue weighted by atomic mass is 9.84. The van der Waals surface area contributed by atoms with Crippen molar-refractivity contribution in [3.8, 4) is 0 Å². The summed E-state index contributed by atoms with van der Waals surface area (Å²) in [7, 11) is 5.24. The third-order valence-corrected chi connectivity index (χ3v) is 5.26. The van der Waals surface area contributed by atoms with Crippen LogP contribution in [0.3, 0.4) is 0 Å². The van der Waals surface area contributed by atoms with Crippen LogP contribution < -0.4 is 10.6 Å². The first-order chi connectivity index (χ1) is 14.1. The first kappa shape index (κ1) is 27.5. The van der Waals surface area contributed by atoms with Gasteiger partial charge in [-0.3, -0.25) is 9.79 Å². The number of hydrogen-bond donors (Lipinski definition) is 2. The van der Waals surface area contributed by atoms with Gasteiger partial charge in [-0.2, -0.15) is 13.2 Å². The molecule has 1 aromatic rings. The molecule has 2 N–H and O–H groups in total. The van der Waals surface area contributed by atoms with E-state index in [4.69, 9.17) is 0 Å². The van der Waals surface area contributed by atoms with Crippen molar-refractivity contribution in [2.75, 3.05) is 34.3 Å². The van der Waals surface area contributed by atoms with Crippen LogP contribution in [0.2, 0.25) is 0 Å². The largest absolute Gasteiger partial charge is 0.411 e. The Hall–Kier alpha value is -1.56. The van der Waals surface area contributed by atoms with Gasteiger partial charge in [0, 0.05) is 34.2 Å². The van der Waals surface area contributed by atoms with Gasteiger partial charge >= 0.3 is 6.18 Å². The van der Waals surface area contributed by atoms with Crippen LogP contribution in [0.15, 0.2) is 29.3 Å². The molecular weight excluding hydrogens is 524 g/mol. The zero-order chi connectivity index (χ0) is 22.2. The predicted octanol–water partition coefficient (Wildman–Crippen LogP) is 3.70. The van der Waals surface area contributed by atoms with Gasteiger partial charge in [0.05, 0.1) is 12.0 Å². The fourth-order valence-corrected chi connectivity index (χ4v) is 3.69. The molecular formula is C21H32F3IN4O2. The second-order valence-corrected chi connectivity index (χ2v) is 7.89. The van der Waals surface area contributed by atoms with E-state index >= 15 is 0 Å². The summed E-state index contributed by atoms with van der Waals surface area (Å²) < 4.78 is 41.1. The Morgan fingerprint density at radius 2 is 1.71 bits per heavy atom. The van der Waals surface area contributed by atoms with Gasteiger partial charge in [0.1, 0.15) is 6.61 Å². The van der Waals surface area contributed by atoms with Crippen LogP contribution in [-0.2, 0) is 22.7 Å². The molecule has 0 spiro atoms. The summed E-state index contributed by atoms with van der Waals surface area (Å²) in [6.45, 7) is -0.314. The van der Waals surface area contributed by atoms with E-state index in [-0.39, 0.29) is 41.9 Å². The third-order valence-electron chi connectivity index (χ3n) is 5.26. The van der Waals surface area contributed by atoms with E-state index in [0.717, 1.165) is 31.2 Å². The fraction of sp³-hybridized carbons (Fsp3) is 0.619. The number of carbonyl (C=O) groups excluding carboxylic acids is 1. The first-order valence-corrected chi connectivity index (χ1v) is 10.0. The second kappa shape index (κ2) is 12.5. The van der Waals surface area contributed by atoms with E-state index in [1.165, 1.54) is 0 Å². The Morgan fingerprint density at radius 3 is 2.23 bits per heavy atom. The number of benzene rings is 1. The fourth-order valence-electron chi connectivity index (χ4n) is 3.69. The van der Waals surface area contributed by atoms with E-state index in [2.05, 4.69) is 20.4 Å². The second-order valence-electron chi connectivity index (χ2n) is 7.89. The Balaban J connectivity index is 0.00000480. The van der Waals surface area contributed by atoms with E-state index in [1.807, 2.05) is 12.1 Å². The smallest absolute Gasteiger partial charge is 0.367 e. The van der Waals surface area contributed by atoms with Gasteiger partial charge < -0.3 is 20.3 Å². The summed E-state index contributed by atoms with van der Waals surface area (Å²) in [5, 5.41) is 6.49. The molecule has 0 aromatic heterocycles. The molecule has 0 unspecified atom stereocenters. The van der Waals surface area contributed by atoms with Gasteiger partial charge in [0.2, 0.25) is 5.91 Å². The highest BCUT2D eigenvalue weighted by molar-refractivity contribution is 14.0. The quantitative estimate of drug-likeness (QED) is 0.291. The summed E-state index contributed by atoms with van der Waals surface area (Å²) >= 11 is 0. The molecule has 1 aromatic carbocycles. The van der Waals surface area contributed by atoms with Crippen molar-refractivity contribution in [1.29, 1.82) is 0 Å². The Kier molecular flexibility index (Phi) is 11.1. The molecule has 10 heteroatoms. The number of nitrogens with zero attached hydrogens (tertiary/aromatic N) is 2. The average molecular weight is 556 g/mol. The van der Waals surface area contributed by atoms with Crippen LogP contribution >= 0.6 is 24.0 Å². The summed E-state index contributed by atoms with van der Waals surface area (Å²) in [6, 6.07) is 7.15. The van der Waals surface area contributed by atoms with Gasteiger partial charge in [-0.15, -0.1) is 24.0 Å². The summed E-state index contributed by atoms with van der Waals surface area (Å²) in [5.74, 6) is 0.747. The summed E-state index contributed by atoms with van der Waals surface area (Å²) in [6.07, 6.45) is -0.489. The lowest BCUT2D eigenvalue weighted by Gasteiger charge is -2.31. The van der Waals surface area contributed by atoms with E-state index in [1.54, 1.807) is 38.2 Å². The molecule has 1 aliphatic rings. The van der Waals surface area contributed by atoms with Gasteiger partial charge in [-0.25, -0.2) is 0 Å². The lowest BCUT2D eigenvalue weighted by Crippen LogP contribution is -2.49.